The summed E-state index contributed by atoms with van der Waals surface area (Å²) in [4.78, 5) is 4.52. The lowest BCUT2D eigenvalue weighted by atomic mass is 10.00. The quantitative estimate of drug-likeness (QED) is 0.396. The highest BCUT2D eigenvalue weighted by Crippen LogP contribution is 2.39. The molecular weight excluding hydrogens is 332 g/mol. The molecule has 0 saturated carbocycles. The summed E-state index contributed by atoms with van der Waals surface area (Å²) in [7, 11) is 2.07. The van der Waals surface area contributed by atoms with Crippen molar-refractivity contribution in [2.75, 3.05) is 0 Å². The number of aryl methyl sites for hydroxylation is 2. The van der Waals surface area contributed by atoms with Gasteiger partial charge in [-0.15, -0.1) is 0 Å². The lowest BCUT2D eigenvalue weighted by Gasteiger charge is -2.04. The Kier molecular flexibility index (Phi) is 3.54. The minimum Gasteiger partial charge on any atom is -0.454 e. The fourth-order valence-electron chi connectivity index (χ4n) is 3.79. The zero-order valence-corrected chi connectivity index (χ0v) is 15.3. The van der Waals surface area contributed by atoms with Gasteiger partial charge >= 0.3 is 0 Å². The Morgan fingerprint density at radius 1 is 0.815 bits per heavy atom. The van der Waals surface area contributed by atoms with E-state index in [9.17, 15) is 0 Å². The van der Waals surface area contributed by atoms with Gasteiger partial charge in [0.2, 0.25) is 5.69 Å². The first-order valence-electron chi connectivity index (χ1n) is 9.05. The van der Waals surface area contributed by atoms with Crippen LogP contribution in [0.25, 0.3) is 44.5 Å². The van der Waals surface area contributed by atoms with E-state index in [0.29, 0.717) is 0 Å². The Morgan fingerprint density at radius 3 is 2.48 bits per heavy atom. The van der Waals surface area contributed by atoms with Gasteiger partial charge in [0, 0.05) is 34.7 Å². The molecule has 0 radical (unpaired) electrons. The van der Waals surface area contributed by atoms with Gasteiger partial charge in [-0.2, -0.15) is 0 Å². The fraction of sp³-hybridized carbons (Fsp3) is 0.0833. The second-order valence-electron chi connectivity index (χ2n) is 6.83. The molecule has 3 heterocycles. The first kappa shape index (κ1) is 15.8. The Bertz CT molecular complexity index is 1290. The summed E-state index contributed by atoms with van der Waals surface area (Å²) < 4.78 is 8.64. The number of aromatic nitrogens is 2. The van der Waals surface area contributed by atoms with Gasteiger partial charge in [-0.1, -0.05) is 30.3 Å². The molecule has 0 N–H and O–H groups in total. The molecule has 2 aromatic carbocycles. The maximum atomic E-state index is 6.51. The summed E-state index contributed by atoms with van der Waals surface area (Å²) in [6.45, 7) is 2.13. The summed E-state index contributed by atoms with van der Waals surface area (Å²) in [5.74, 6) is 0. The van der Waals surface area contributed by atoms with Crippen molar-refractivity contribution < 1.29 is 8.98 Å². The van der Waals surface area contributed by atoms with Crippen LogP contribution >= 0.6 is 0 Å². The number of hydrogen-bond acceptors (Lipinski definition) is 2. The van der Waals surface area contributed by atoms with Gasteiger partial charge in [0.05, 0.1) is 11.3 Å². The normalized spacial score (nSPS) is 11.3. The SMILES string of the molecule is Cc1ccc2c(oc3c(-c4ccccn4)cccc32)c1-c1cccc[n+]1C. The molecule has 0 spiro atoms. The van der Waals surface area contributed by atoms with Crippen molar-refractivity contribution in [3.8, 4) is 22.5 Å². The van der Waals surface area contributed by atoms with Crippen LogP contribution in [-0.2, 0) is 7.05 Å². The third-order valence-electron chi connectivity index (χ3n) is 5.13. The number of para-hydroxylation sites is 1. The summed E-state index contributed by atoms with van der Waals surface area (Å²) in [5.41, 5.74) is 7.23. The van der Waals surface area contributed by atoms with Crippen LogP contribution in [0.2, 0.25) is 0 Å². The molecule has 5 aromatic rings. The van der Waals surface area contributed by atoms with E-state index in [-0.39, 0.29) is 0 Å². The number of pyridine rings is 2. The molecule has 27 heavy (non-hydrogen) atoms. The Morgan fingerprint density at radius 2 is 1.67 bits per heavy atom. The maximum absolute atomic E-state index is 6.51. The molecule has 0 fully saturated rings. The van der Waals surface area contributed by atoms with Gasteiger partial charge < -0.3 is 4.42 Å². The predicted octanol–water partition coefficient (Wildman–Crippen LogP) is 5.45. The number of rotatable bonds is 2. The fourth-order valence-corrected chi connectivity index (χ4v) is 3.79. The van der Waals surface area contributed by atoms with Gasteiger partial charge in [0.25, 0.3) is 0 Å². The summed E-state index contributed by atoms with van der Waals surface area (Å²) in [6.07, 6.45) is 3.88. The topological polar surface area (TPSA) is 29.9 Å². The highest BCUT2D eigenvalue weighted by atomic mass is 16.3. The third-order valence-corrected chi connectivity index (χ3v) is 5.13. The van der Waals surface area contributed by atoms with Crippen LogP contribution in [0, 0.1) is 6.92 Å². The molecule has 3 heteroatoms. The van der Waals surface area contributed by atoms with Gasteiger partial charge in [-0.25, -0.2) is 4.57 Å². The summed E-state index contributed by atoms with van der Waals surface area (Å²) >= 11 is 0. The first-order valence-corrected chi connectivity index (χ1v) is 9.05. The van der Waals surface area contributed by atoms with Crippen molar-refractivity contribution in [3.63, 3.8) is 0 Å². The summed E-state index contributed by atoms with van der Waals surface area (Å²) in [6, 6.07) is 22.8. The lowest BCUT2D eigenvalue weighted by molar-refractivity contribution is -0.660. The molecule has 0 bridgehead atoms. The van der Waals surface area contributed by atoms with Gasteiger partial charge in [0.1, 0.15) is 18.2 Å². The van der Waals surface area contributed by atoms with Crippen LogP contribution in [0.4, 0.5) is 0 Å². The van der Waals surface area contributed by atoms with E-state index in [1.54, 1.807) is 0 Å². The number of benzene rings is 2. The van der Waals surface area contributed by atoms with Crippen molar-refractivity contribution >= 4 is 21.9 Å². The van der Waals surface area contributed by atoms with Gasteiger partial charge in [-0.3, -0.25) is 4.98 Å². The Hall–Kier alpha value is -3.46. The minimum atomic E-state index is 0.886. The van der Waals surface area contributed by atoms with E-state index in [2.05, 4.69) is 72.2 Å². The standard InChI is InChI=1S/C24H19N2O/c1-16-12-13-18-17-8-7-9-19(20-10-3-5-14-25-20)23(17)27-24(18)22(16)21-11-4-6-15-26(21)2/h3-15H,1-2H3/q+1. The monoisotopic (exact) mass is 351 g/mol. The largest absolute Gasteiger partial charge is 0.454 e. The van der Waals surface area contributed by atoms with Crippen molar-refractivity contribution in [1.82, 2.24) is 4.98 Å². The van der Waals surface area contributed by atoms with E-state index >= 15 is 0 Å². The number of fused-ring (bicyclic) bond motifs is 3. The zero-order chi connectivity index (χ0) is 18.4. The molecule has 0 aliphatic rings. The number of furan rings is 1. The average molecular weight is 351 g/mol. The van der Waals surface area contributed by atoms with Crippen LogP contribution in [0.3, 0.4) is 0 Å². The van der Waals surface area contributed by atoms with E-state index < -0.39 is 0 Å². The minimum absolute atomic E-state index is 0.886. The molecule has 0 saturated heterocycles. The summed E-state index contributed by atoms with van der Waals surface area (Å²) in [5, 5.41) is 2.25. The van der Waals surface area contributed by atoms with Crippen LogP contribution < -0.4 is 4.57 Å². The van der Waals surface area contributed by atoms with E-state index in [1.807, 2.05) is 30.5 Å². The van der Waals surface area contributed by atoms with Crippen LogP contribution in [0.5, 0.6) is 0 Å². The van der Waals surface area contributed by atoms with Gasteiger partial charge in [0.15, 0.2) is 6.20 Å². The van der Waals surface area contributed by atoms with E-state index in [4.69, 9.17) is 4.42 Å². The first-order chi connectivity index (χ1) is 13.2. The van der Waals surface area contributed by atoms with Crippen LogP contribution in [-0.4, -0.2) is 4.98 Å². The van der Waals surface area contributed by atoms with Crippen LogP contribution in [0.15, 0.2) is 83.5 Å². The molecule has 3 aromatic heterocycles. The average Bonchev–Trinajstić information content (AvgIpc) is 3.08. The Labute approximate surface area is 157 Å². The van der Waals surface area contributed by atoms with E-state index in [0.717, 1.165) is 44.5 Å². The molecule has 0 aliphatic heterocycles. The van der Waals surface area contributed by atoms with E-state index in [1.165, 1.54) is 5.56 Å². The highest BCUT2D eigenvalue weighted by molar-refractivity contribution is 6.12. The van der Waals surface area contributed by atoms with Gasteiger partial charge in [-0.05, 0) is 36.8 Å². The molecule has 3 nitrogen and oxygen atoms in total. The molecule has 130 valence electrons. The van der Waals surface area contributed by atoms with Crippen molar-refractivity contribution in [3.05, 3.63) is 84.7 Å². The Balaban J connectivity index is 1.89. The molecular formula is C24H19N2O+. The lowest BCUT2D eigenvalue weighted by Crippen LogP contribution is -2.30. The maximum Gasteiger partial charge on any atom is 0.216 e. The third kappa shape index (κ3) is 2.43. The number of nitrogens with zero attached hydrogens (tertiary/aromatic N) is 2. The highest BCUT2D eigenvalue weighted by Gasteiger charge is 2.21. The predicted molar refractivity (Wildman–Crippen MR) is 108 cm³/mol. The van der Waals surface area contributed by atoms with Crippen LogP contribution in [0.1, 0.15) is 5.56 Å². The van der Waals surface area contributed by atoms with Crippen molar-refractivity contribution in [2.45, 2.75) is 6.92 Å². The molecule has 5 rings (SSSR count). The molecule has 0 unspecified atom stereocenters. The molecule has 0 amide bonds. The smallest absolute Gasteiger partial charge is 0.216 e. The van der Waals surface area contributed by atoms with Crippen molar-refractivity contribution in [1.29, 1.82) is 0 Å². The van der Waals surface area contributed by atoms with Crippen molar-refractivity contribution in [2.24, 2.45) is 7.05 Å². The zero-order valence-electron chi connectivity index (χ0n) is 15.3. The second kappa shape index (κ2) is 6.06. The molecule has 0 aliphatic carbocycles. The second-order valence-corrected chi connectivity index (χ2v) is 6.83. The molecule has 0 atom stereocenters. The number of hydrogen-bond donors (Lipinski definition) is 0.